The minimum atomic E-state index is -1.36. The van der Waals surface area contributed by atoms with Gasteiger partial charge in [0.2, 0.25) is 0 Å². The van der Waals surface area contributed by atoms with Crippen LogP contribution < -0.4 is 10.2 Å². The Morgan fingerprint density at radius 1 is 1.14 bits per heavy atom. The Labute approximate surface area is 172 Å². The number of anilines is 2. The number of carboxylic acid groups (broad SMARTS) is 2. The number of rotatable bonds is 8. The molecule has 1 rings (SSSR count). The molecule has 0 atom stereocenters. The molecule has 3 N–H and O–H groups in total. The van der Waals surface area contributed by atoms with E-state index in [0.29, 0.717) is 22.3 Å². The SMILES string of the molecule is C=C(C)C(=O)OCCc1c(C)c(C)c(NC(=O)O)c(N(CCl)C(=O)O)c1CCl. The molecule has 8 nitrogen and oxygen atoms in total. The van der Waals surface area contributed by atoms with Crippen molar-refractivity contribution in [2.24, 2.45) is 0 Å². The van der Waals surface area contributed by atoms with E-state index in [0.717, 1.165) is 4.90 Å². The number of hydrogen-bond donors (Lipinski definition) is 3. The van der Waals surface area contributed by atoms with Crippen molar-refractivity contribution >= 4 is 52.7 Å². The lowest BCUT2D eigenvalue weighted by Crippen LogP contribution is -2.31. The summed E-state index contributed by atoms with van der Waals surface area (Å²) in [5, 5.41) is 20.9. The first kappa shape index (κ1) is 23.6. The molecule has 0 fully saturated rings. The van der Waals surface area contributed by atoms with Gasteiger partial charge in [-0.25, -0.2) is 14.4 Å². The van der Waals surface area contributed by atoms with Crippen LogP contribution in [0.25, 0.3) is 0 Å². The molecule has 0 aromatic heterocycles. The zero-order chi connectivity index (χ0) is 21.6. The van der Waals surface area contributed by atoms with Gasteiger partial charge in [0.1, 0.15) is 6.00 Å². The van der Waals surface area contributed by atoms with E-state index in [-0.39, 0.29) is 35.9 Å². The highest BCUT2D eigenvalue weighted by molar-refractivity contribution is 6.22. The Morgan fingerprint density at radius 2 is 1.75 bits per heavy atom. The van der Waals surface area contributed by atoms with Crippen LogP contribution >= 0.6 is 23.2 Å². The molecule has 0 radical (unpaired) electrons. The van der Waals surface area contributed by atoms with Crippen LogP contribution in [0.5, 0.6) is 0 Å². The molecule has 1 aromatic carbocycles. The molecule has 28 heavy (non-hydrogen) atoms. The van der Waals surface area contributed by atoms with Gasteiger partial charge in [-0.2, -0.15) is 0 Å². The highest BCUT2D eigenvalue weighted by Crippen LogP contribution is 2.40. The molecule has 0 spiro atoms. The Balaban J connectivity index is 3.58. The highest BCUT2D eigenvalue weighted by Gasteiger charge is 2.27. The van der Waals surface area contributed by atoms with Gasteiger partial charge >= 0.3 is 18.2 Å². The molecule has 0 aliphatic heterocycles. The molecular weight excluding hydrogens is 411 g/mol. The Kier molecular flexibility index (Phi) is 8.59. The van der Waals surface area contributed by atoms with E-state index < -0.39 is 24.2 Å². The first-order valence-corrected chi connectivity index (χ1v) is 9.23. The third kappa shape index (κ3) is 5.30. The molecule has 0 aliphatic rings. The van der Waals surface area contributed by atoms with Crippen molar-refractivity contribution in [2.75, 3.05) is 22.8 Å². The van der Waals surface area contributed by atoms with Gasteiger partial charge in [-0.3, -0.25) is 10.2 Å². The molecule has 154 valence electrons. The summed E-state index contributed by atoms with van der Waals surface area (Å²) < 4.78 is 5.12. The Hall–Kier alpha value is -2.45. The van der Waals surface area contributed by atoms with Crippen molar-refractivity contribution in [3.8, 4) is 0 Å². The van der Waals surface area contributed by atoms with Crippen LogP contribution in [0.2, 0.25) is 0 Å². The maximum Gasteiger partial charge on any atom is 0.412 e. The van der Waals surface area contributed by atoms with Crippen LogP contribution in [0.15, 0.2) is 12.2 Å². The number of benzene rings is 1. The number of esters is 1. The standard InChI is InChI=1S/C18H22Cl2N2O6/c1-9(2)16(23)28-6-5-12-10(3)11(4)14(21-17(24)25)15(13(12)7-19)22(8-20)18(26)27/h21H,1,5-8H2,2-4H3,(H,24,25)(H,26,27). The molecule has 1 aromatic rings. The van der Waals surface area contributed by atoms with Gasteiger partial charge in [0.05, 0.1) is 18.0 Å². The predicted octanol–water partition coefficient (Wildman–Crippen LogP) is 4.47. The molecule has 0 heterocycles. The molecule has 0 aliphatic carbocycles. The van der Waals surface area contributed by atoms with Gasteiger partial charge in [-0.1, -0.05) is 6.58 Å². The maximum atomic E-state index is 11.7. The summed E-state index contributed by atoms with van der Waals surface area (Å²) in [5.74, 6) is -0.644. The van der Waals surface area contributed by atoms with Gasteiger partial charge in [0, 0.05) is 17.9 Å². The number of nitrogens with zero attached hydrogens (tertiary/aromatic N) is 1. The molecular formula is C18H22Cl2N2O6. The first-order valence-electron chi connectivity index (χ1n) is 8.16. The number of carbonyl (C=O) groups is 3. The fraction of sp³-hybridized carbons (Fsp3) is 0.389. The lowest BCUT2D eigenvalue weighted by molar-refractivity contribution is -0.138. The van der Waals surface area contributed by atoms with E-state index in [9.17, 15) is 24.6 Å². The third-order valence-electron chi connectivity index (χ3n) is 4.20. The molecule has 10 heteroatoms. The van der Waals surface area contributed by atoms with Crippen molar-refractivity contribution < 1.29 is 29.3 Å². The number of amides is 2. The lowest BCUT2D eigenvalue weighted by atomic mass is 9.92. The number of hydrogen-bond acceptors (Lipinski definition) is 4. The van der Waals surface area contributed by atoms with E-state index in [1.165, 1.54) is 6.92 Å². The zero-order valence-corrected chi connectivity index (χ0v) is 17.3. The fourth-order valence-corrected chi connectivity index (χ4v) is 3.24. The summed E-state index contributed by atoms with van der Waals surface area (Å²) in [7, 11) is 0. The molecule has 0 saturated heterocycles. The number of carbonyl (C=O) groups excluding carboxylic acids is 1. The monoisotopic (exact) mass is 432 g/mol. The molecule has 0 bridgehead atoms. The third-order valence-corrected chi connectivity index (χ3v) is 4.70. The van der Waals surface area contributed by atoms with Gasteiger partial charge in [-0.15, -0.1) is 23.2 Å². The quantitative estimate of drug-likeness (QED) is 0.241. The molecule has 2 amide bonds. The van der Waals surface area contributed by atoms with Crippen LogP contribution in [0.1, 0.15) is 29.2 Å². The number of alkyl halides is 2. The van der Waals surface area contributed by atoms with Gasteiger partial charge < -0.3 is 14.9 Å². The topological polar surface area (TPSA) is 116 Å². The van der Waals surface area contributed by atoms with Crippen molar-refractivity contribution in [3.63, 3.8) is 0 Å². The van der Waals surface area contributed by atoms with E-state index >= 15 is 0 Å². The molecule has 0 saturated carbocycles. The van der Waals surface area contributed by atoms with E-state index in [2.05, 4.69) is 11.9 Å². The van der Waals surface area contributed by atoms with Gasteiger partial charge in [-0.05, 0) is 43.0 Å². The normalized spacial score (nSPS) is 10.3. The zero-order valence-electron chi connectivity index (χ0n) is 15.8. The summed E-state index contributed by atoms with van der Waals surface area (Å²) in [6, 6.07) is -0.430. The van der Waals surface area contributed by atoms with Crippen LogP contribution in [-0.4, -0.2) is 41.0 Å². The number of halogens is 2. The summed E-state index contributed by atoms with van der Waals surface area (Å²) in [6.45, 7) is 8.46. The number of ether oxygens (including phenoxy) is 1. The molecule has 0 unspecified atom stereocenters. The summed E-state index contributed by atoms with van der Waals surface area (Å²) in [5.41, 5.74) is 2.67. The predicted molar refractivity (Wildman–Crippen MR) is 108 cm³/mol. The van der Waals surface area contributed by atoms with Crippen molar-refractivity contribution in [1.29, 1.82) is 0 Å². The van der Waals surface area contributed by atoms with Gasteiger partial charge in [0.25, 0.3) is 0 Å². The second-order valence-corrected chi connectivity index (χ2v) is 6.50. The average molecular weight is 433 g/mol. The second kappa shape index (κ2) is 10.2. The summed E-state index contributed by atoms with van der Waals surface area (Å²) in [6.07, 6.45) is -2.46. The van der Waals surface area contributed by atoms with Crippen molar-refractivity contribution in [3.05, 3.63) is 34.4 Å². The van der Waals surface area contributed by atoms with Crippen LogP contribution in [0, 0.1) is 13.8 Å². The minimum Gasteiger partial charge on any atom is -0.465 e. The maximum absolute atomic E-state index is 11.7. The van der Waals surface area contributed by atoms with Crippen molar-refractivity contribution in [1.82, 2.24) is 0 Å². The van der Waals surface area contributed by atoms with Crippen LogP contribution in [-0.2, 0) is 21.8 Å². The second-order valence-electron chi connectivity index (χ2n) is 5.99. The lowest BCUT2D eigenvalue weighted by Gasteiger charge is -2.27. The summed E-state index contributed by atoms with van der Waals surface area (Å²) >= 11 is 11.9. The van der Waals surface area contributed by atoms with E-state index in [4.69, 9.17) is 27.9 Å². The smallest absolute Gasteiger partial charge is 0.412 e. The first-order chi connectivity index (χ1) is 13.1. The Bertz CT molecular complexity index is 810. The van der Waals surface area contributed by atoms with Gasteiger partial charge in [0.15, 0.2) is 0 Å². The summed E-state index contributed by atoms with van der Waals surface area (Å²) in [4.78, 5) is 35.3. The van der Waals surface area contributed by atoms with E-state index in [1.807, 2.05) is 0 Å². The minimum absolute atomic E-state index is 0.0228. The largest absolute Gasteiger partial charge is 0.465 e. The van der Waals surface area contributed by atoms with E-state index in [1.54, 1.807) is 13.8 Å². The Morgan fingerprint density at radius 3 is 2.18 bits per heavy atom. The number of nitrogens with one attached hydrogen (secondary N) is 1. The van der Waals surface area contributed by atoms with Crippen LogP contribution in [0.4, 0.5) is 21.0 Å². The average Bonchev–Trinajstić information content (AvgIpc) is 2.61. The van der Waals surface area contributed by atoms with Crippen molar-refractivity contribution in [2.45, 2.75) is 33.1 Å². The fourth-order valence-electron chi connectivity index (χ4n) is 2.73. The van der Waals surface area contributed by atoms with Crippen LogP contribution in [0.3, 0.4) is 0 Å². The highest BCUT2D eigenvalue weighted by atomic mass is 35.5.